The van der Waals surface area contributed by atoms with Crippen LogP contribution in [0.3, 0.4) is 0 Å². The highest BCUT2D eigenvalue weighted by atomic mass is 19.2. The van der Waals surface area contributed by atoms with Crippen molar-refractivity contribution in [3.8, 4) is 0 Å². The number of hydrogen-bond donors (Lipinski definition) is 1. The van der Waals surface area contributed by atoms with Crippen LogP contribution in [0.1, 0.15) is 11.7 Å². The molecule has 0 radical (unpaired) electrons. The van der Waals surface area contributed by atoms with Crippen LogP contribution in [0.2, 0.25) is 0 Å². The van der Waals surface area contributed by atoms with Crippen LogP contribution in [0.25, 0.3) is 0 Å². The SMILES string of the molecule is COC(OC)[C@H](O)c1ccc(F)c(F)c1. The fraction of sp³-hybridized carbons (Fsp3) is 0.400. The molecule has 3 nitrogen and oxygen atoms in total. The summed E-state index contributed by atoms with van der Waals surface area (Å²) in [5, 5.41) is 9.66. The van der Waals surface area contributed by atoms with Crippen LogP contribution in [0.15, 0.2) is 18.2 Å². The van der Waals surface area contributed by atoms with E-state index in [2.05, 4.69) is 0 Å². The van der Waals surface area contributed by atoms with E-state index in [0.29, 0.717) is 0 Å². The van der Waals surface area contributed by atoms with E-state index in [1.165, 1.54) is 20.3 Å². The first-order valence-corrected chi connectivity index (χ1v) is 4.28. The third kappa shape index (κ3) is 2.71. The molecule has 1 aromatic carbocycles. The van der Waals surface area contributed by atoms with Crippen LogP contribution in [-0.4, -0.2) is 25.6 Å². The molecule has 0 aliphatic heterocycles. The zero-order chi connectivity index (χ0) is 11.4. The minimum absolute atomic E-state index is 0.197. The van der Waals surface area contributed by atoms with Crippen LogP contribution < -0.4 is 0 Å². The Morgan fingerprint density at radius 3 is 2.20 bits per heavy atom. The molecular formula is C10H12F2O3. The maximum Gasteiger partial charge on any atom is 0.187 e. The van der Waals surface area contributed by atoms with Gasteiger partial charge in [0.05, 0.1) is 0 Å². The van der Waals surface area contributed by atoms with Crippen LogP contribution in [0.5, 0.6) is 0 Å². The quantitative estimate of drug-likeness (QED) is 0.780. The molecule has 0 spiro atoms. The minimum Gasteiger partial charge on any atom is -0.383 e. The van der Waals surface area contributed by atoms with Crippen LogP contribution in [0, 0.1) is 11.6 Å². The Balaban J connectivity index is 2.90. The highest BCUT2D eigenvalue weighted by Crippen LogP contribution is 2.21. The van der Waals surface area contributed by atoms with Crippen LogP contribution in [-0.2, 0) is 9.47 Å². The van der Waals surface area contributed by atoms with Gasteiger partial charge in [-0.05, 0) is 17.7 Å². The van der Waals surface area contributed by atoms with Gasteiger partial charge in [-0.1, -0.05) is 6.07 Å². The Kier molecular flexibility index (Phi) is 4.14. The number of hydrogen-bond acceptors (Lipinski definition) is 3. The van der Waals surface area contributed by atoms with Gasteiger partial charge in [-0.25, -0.2) is 8.78 Å². The van der Waals surface area contributed by atoms with Gasteiger partial charge in [0.15, 0.2) is 17.9 Å². The second-order valence-electron chi connectivity index (χ2n) is 2.96. The molecule has 0 aliphatic rings. The lowest BCUT2D eigenvalue weighted by Gasteiger charge is -2.20. The van der Waals surface area contributed by atoms with Crippen molar-refractivity contribution in [1.82, 2.24) is 0 Å². The standard InChI is InChI=1S/C10H12F2O3/c1-14-10(15-2)9(13)6-3-4-7(11)8(12)5-6/h3-5,9-10,13H,1-2H3/t9-/m1/s1. The van der Waals surface area contributed by atoms with E-state index in [1.54, 1.807) is 0 Å². The Hall–Kier alpha value is -1.04. The molecule has 1 N–H and O–H groups in total. The van der Waals surface area contributed by atoms with Crippen molar-refractivity contribution in [3.05, 3.63) is 35.4 Å². The van der Waals surface area contributed by atoms with Gasteiger partial charge in [-0.2, -0.15) is 0 Å². The molecular weight excluding hydrogens is 206 g/mol. The van der Waals surface area contributed by atoms with Crippen molar-refractivity contribution >= 4 is 0 Å². The van der Waals surface area contributed by atoms with Gasteiger partial charge < -0.3 is 14.6 Å². The topological polar surface area (TPSA) is 38.7 Å². The molecule has 15 heavy (non-hydrogen) atoms. The third-order valence-corrected chi connectivity index (χ3v) is 2.01. The fourth-order valence-corrected chi connectivity index (χ4v) is 1.21. The van der Waals surface area contributed by atoms with Gasteiger partial charge in [0, 0.05) is 14.2 Å². The molecule has 0 heterocycles. The van der Waals surface area contributed by atoms with Crippen molar-refractivity contribution in [2.45, 2.75) is 12.4 Å². The molecule has 0 fully saturated rings. The van der Waals surface area contributed by atoms with E-state index in [9.17, 15) is 13.9 Å². The van der Waals surface area contributed by atoms with Crippen LogP contribution in [0.4, 0.5) is 8.78 Å². The van der Waals surface area contributed by atoms with Gasteiger partial charge in [0.1, 0.15) is 6.10 Å². The summed E-state index contributed by atoms with van der Waals surface area (Å²) < 4.78 is 35.0. The summed E-state index contributed by atoms with van der Waals surface area (Å²) >= 11 is 0. The number of ether oxygens (including phenoxy) is 2. The first kappa shape index (κ1) is 12.0. The van der Waals surface area contributed by atoms with Crippen molar-refractivity contribution in [2.75, 3.05) is 14.2 Å². The maximum absolute atomic E-state index is 12.8. The lowest BCUT2D eigenvalue weighted by Crippen LogP contribution is -2.22. The van der Waals surface area contributed by atoms with E-state index in [1.807, 2.05) is 0 Å². The molecule has 84 valence electrons. The summed E-state index contributed by atoms with van der Waals surface area (Å²) in [4.78, 5) is 0. The highest BCUT2D eigenvalue weighted by Gasteiger charge is 2.20. The molecule has 0 saturated carbocycles. The minimum atomic E-state index is -1.16. The van der Waals surface area contributed by atoms with Crippen molar-refractivity contribution < 1.29 is 23.4 Å². The van der Waals surface area contributed by atoms with E-state index < -0.39 is 24.0 Å². The molecule has 0 amide bonds. The number of halogens is 2. The molecule has 0 bridgehead atoms. The average molecular weight is 218 g/mol. The number of rotatable bonds is 4. The summed E-state index contributed by atoms with van der Waals surface area (Å²) in [6, 6.07) is 3.12. The van der Waals surface area contributed by atoms with Gasteiger partial charge >= 0.3 is 0 Å². The first-order chi connectivity index (χ1) is 7.10. The molecule has 1 rings (SSSR count). The Morgan fingerprint density at radius 1 is 1.13 bits per heavy atom. The molecule has 0 unspecified atom stereocenters. The second-order valence-corrected chi connectivity index (χ2v) is 2.96. The monoisotopic (exact) mass is 218 g/mol. The van der Waals surface area contributed by atoms with Crippen molar-refractivity contribution in [2.24, 2.45) is 0 Å². The average Bonchev–Trinajstić information content (AvgIpc) is 2.23. The Labute approximate surface area is 86.2 Å². The third-order valence-electron chi connectivity index (χ3n) is 2.01. The molecule has 5 heteroatoms. The van der Waals surface area contributed by atoms with E-state index in [0.717, 1.165) is 12.1 Å². The van der Waals surface area contributed by atoms with Gasteiger partial charge in [-0.15, -0.1) is 0 Å². The predicted molar refractivity (Wildman–Crippen MR) is 49.1 cm³/mol. The van der Waals surface area contributed by atoms with E-state index in [-0.39, 0.29) is 5.56 Å². The lowest BCUT2D eigenvalue weighted by molar-refractivity contribution is -0.166. The normalized spacial score (nSPS) is 13.2. The predicted octanol–water partition coefficient (Wildman–Crippen LogP) is 1.62. The number of benzene rings is 1. The zero-order valence-electron chi connectivity index (χ0n) is 8.41. The fourth-order valence-electron chi connectivity index (χ4n) is 1.21. The Morgan fingerprint density at radius 2 is 1.73 bits per heavy atom. The zero-order valence-corrected chi connectivity index (χ0v) is 8.41. The smallest absolute Gasteiger partial charge is 0.187 e. The first-order valence-electron chi connectivity index (χ1n) is 4.28. The summed E-state index contributed by atoms with van der Waals surface area (Å²) in [7, 11) is 2.69. The molecule has 1 aromatic rings. The lowest BCUT2D eigenvalue weighted by atomic mass is 10.1. The summed E-state index contributed by atoms with van der Waals surface area (Å²) in [6.45, 7) is 0. The summed E-state index contributed by atoms with van der Waals surface area (Å²) in [5.74, 6) is -1.98. The molecule has 1 atom stereocenters. The number of aliphatic hydroxyl groups excluding tert-OH is 1. The van der Waals surface area contributed by atoms with Crippen LogP contribution >= 0.6 is 0 Å². The number of aliphatic hydroxyl groups is 1. The largest absolute Gasteiger partial charge is 0.383 e. The van der Waals surface area contributed by atoms with E-state index in [4.69, 9.17) is 9.47 Å². The van der Waals surface area contributed by atoms with Crippen molar-refractivity contribution in [1.29, 1.82) is 0 Å². The molecule has 0 saturated heterocycles. The molecule has 0 aliphatic carbocycles. The van der Waals surface area contributed by atoms with Gasteiger partial charge in [0.2, 0.25) is 0 Å². The summed E-state index contributed by atoms with van der Waals surface area (Å²) in [6.07, 6.45) is -2.06. The van der Waals surface area contributed by atoms with Gasteiger partial charge in [-0.3, -0.25) is 0 Å². The Bertz CT molecular complexity index is 326. The molecule has 0 aromatic heterocycles. The van der Waals surface area contributed by atoms with E-state index >= 15 is 0 Å². The second kappa shape index (κ2) is 5.16. The summed E-state index contributed by atoms with van der Waals surface area (Å²) in [5.41, 5.74) is 0.197. The van der Waals surface area contributed by atoms with Gasteiger partial charge in [0.25, 0.3) is 0 Å². The maximum atomic E-state index is 12.8. The van der Waals surface area contributed by atoms with Crippen molar-refractivity contribution in [3.63, 3.8) is 0 Å². The highest BCUT2D eigenvalue weighted by molar-refractivity contribution is 5.20. The number of methoxy groups -OCH3 is 2.